The van der Waals surface area contributed by atoms with Gasteiger partial charge in [-0.15, -0.1) is 0 Å². The lowest BCUT2D eigenvalue weighted by Crippen LogP contribution is -2.22. The van der Waals surface area contributed by atoms with E-state index in [4.69, 9.17) is 11.5 Å². The van der Waals surface area contributed by atoms with Crippen molar-refractivity contribution in [3.63, 3.8) is 0 Å². The highest BCUT2D eigenvalue weighted by Gasteiger charge is 2.12. The summed E-state index contributed by atoms with van der Waals surface area (Å²) in [5, 5.41) is 9.65. The monoisotopic (exact) mass is 180 g/mol. The molecule has 1 aromatic carbocycles. The van der Waals surface area contributed by atoms with Gasteiger partial charge in [0.2, 0.25) is 0 Å². The van der Waals surface area contributed by atoms with Crippen molar-refractivity contribution in [2.75, 3.05) is 0 Å². The highest BCUT2D eigenvalue weighted by atomic mass is 16.3. The standard InChI is InChI=1S/C10H16N2O/c1-5-4-6(2)9(13)7(3)8(5)10(11)12/h4,10,13H,11-12H2,1-3H3. The summed E-state index contributed by atoms with van der Waals surface area (Å²) in [6.45, 7) is 5.64. The first-order chi connectivity index (χ1) is 5.95. The fraction of sp³-hybridized carbons (Fsp3) is 0.400. The van der Waals surface area contributed by atoms with E-state index in [9.17, 15) is 5.11 Å². The lowest BCUT2D eigenvalue weighted by Gasteiger charge is -2.16. The fourth-order valence-corrected chi connectivity index (χ4v) is 1.70. The van der Waals surface area contributed by atoms with Crippen LogP contribution in [0.5, 0.6) is 5.75 Å². The summed E-state index contributed by atoms with van der Waals surface area (Å²) in [4.78, 5) is 0. The number of benzene rings is 1. The maximum atomic E-state index is 9.65. The highest BCUT2D eigenvalue weighted by Crippen LogP contribution is 2.29. The largest absolute Gasteiger partial charge is 0.507 e. The molecule has 0 amide bonds. The average molecular weight is 180 g/mol. The molecule has 13 heavy (non-hydrogen) atoms. The number of hydrogen-bond donors (Lipinski definition) is 3. The van der Waals surface area contributed by atoms with Gasteiger partial charge in [-0.3, -0.25) is 0 Å². The molecule has 0 heterocycles. The molecule has 0 unspecified atom stereocenters. The molecule has 0 bridgehead atoms. The summed E-state index contributed by atoms with van der Waals surface area (Å²) in [5.74, 6) is 0.293. The van der Waals surface area contributed by atoms with E-state index < -0.39 is 6.17 Å². The Labute approximate surface area is 78.4 Å². The maximum Gasteiger partial charge on any atom is 0.121 e. The first-order valence-corrected chi connectivity index (χ1v) is 4.26. The molecule has 0 aromatic heterocycles. The summed E-state index contributed by atoms with van der Waals surface area (Å²) in [6, 6.07) is 1.89. The average Bonchev–Trinajstić information content (AvgIpc) is 1.99. The van der Waals surface area contributed by atoms with Gasteiger partial charge in [0.25, 0.3) is 0 Å². The van der Waals surface area contributed by atoms with E-state index in [-0.39, 0.29) is 0 Å². The zero-order valence-electron chi connectivity index (χ0n) is 8.26. The van der Waals surface area contributed by atoms with E-state index in [1.165, 1.54) is 0 Å². The molecule has 0 aliphatic heterocycles. The number of phenols is 1. The molecule has 0 atom stereocenters. The van der Waals surface area contributed by atoms with Crippen molar-refractivity contribution in [2.24, 2.45) is 11.5 Å². The lowest BCUT2D eigenvalue weighted by atomic mass is 9.97. The third kappa shape index (κ3) is 1.66. The third-order valence-corrected chi connectivity index (χ3v) is 2.32. The van der Waals surface area contributed by atoms with Crippen molar-refractivity contribution in [3.05, 3.63) is 28.3 Å². The molecule has 0 aliphatic rings. The number of aromatic hydroxyl groups is 1. The fourth-order valence-electron chi connectivity index (χ4n) is 1.70. The van der Waals surface area contributed by atoms with Crippen LogP contribution in [0.25, 0.3) is 0 Å². The van der Waals surface area contributed by atoms with Crippen LogP contribution >= 0.6 is 0 Å². The number of nitrogens with two attached hydrogens (primary N) is 2. The van der Waals surface area contributed by atoms with Crippen molar-refractivity contribution >= 4 is 0 Å². The van der Waals surface area contributed by atoms with Gasteiger partial charge in [0.15, 0.2) is 0 Å². The van der Waals surface area contributed by atoms with Gasteiger partial charge < -0.3 is 16.6 Å². The van der Waals surface area contributed by atoms with E-state index in [1.54, 1.807) is 0 Å². The zero-order chi connectivity index (χ0) is 10.2. The Balaban J connectivity index is 3.44. The molecule has 3 heteroatoms. The second kappa shape index (κ2) is 3.36. The minimum atomic E-state index is -0.522. The molecule has 1 aromatic rings. The molecule has 0 saturated carbocycles. The first-order valence-electron chi connectivity index (χ1n) is 4.26. The number of hydrogen-bond acceptors (Lipinski definition) is 3. The molecule has 0 aliphatic carbocycles. The Morgan fingerprint density at radius 2 is 1.69 bits per heavy atom. The SMILES string of the molecule is Cc1cc(C)c(C(N)N)c(C)c1O. The summed E-state index contributed by atoms with van der Waals surface area (Å²) in [7, 11) is 0. The Bertz CT molecular complexity index is 332. The normalized spacial score (nSPS) is 10.9. The molecule has 3 nitrogen and oxygen atoms in total. The van der Waals surface area contributed by atoms with Gasteiger partial charge in [-0.2, -0.15) is 0 Å². The molecular formula is C10H16N2O. The van der Waals surface area contributed by atoms with Crippen molar-refractivity contribution < 1.29 is 5.11 Å². The number of rotatable bonds is 1. The molecule has 1 rings (SSSR count). The molecule has 72 valence electrons. The van der Waals surface area contributed by atoms with Crippen LogP contribution in [0.4, 0.5) is 0 Å². The minimum absolute atomic E-state index is 0.293. The lowest BCUT2D eigenvalue weighted by molar-refractivity contribution is 0.464. The van der Waals surface area contributed by atoms with Gasteiger partial charge in [0.05, 0.1) is 6.17 Å². The van der Waals surface area contributed by atoms with Crippen molar-refractivity contribution in [1.82, 2.24) is 0 Å². The van der Waals surface area contributed by atoms with Crippen LogP contribution in [0.3, 0.4) is 0 Å². The van der Waals surface area contributed by atoms with Gasteiger partial charge >= 0.3 is 0 Å². The smallest absolute Gasteiger partial charge is 0.121 e. The first kappa shape index (κ1) is 10.0. The molecule has 0 fully saturated rings. The highest BCUT2D eigenvalue weighted by molar-refractivity contribution is 5.49. The van der Waals surface area contributed by atoms with Gasteiger partial charge in [-0.1, -0.05) is 6.07 Å². The van der Waals surface area contributed by atoms with E-state index in [1.807, 2.05) is 26.8 Å². The Morgan fingerprint density at radius 1 is 1.15 bits per heavy atom. The van der Waals surface area contributed by atoms with Crippen LogP contribution in [-0.2, 0) is 0 Å². The summed E-state index contributed by atoms with van der Waals surface area (Å²) >= 11 is 0. The van der Waals surface area contributed by atoms with Crippen LogP contribution in [0.15, 0.2) is 6.07 Å². The van der Waals surface area contributed by atoms with E-state index in [0.717, 1.165) is 22.3 Å². The summed E-state index contributed by atoms with van der Waals surface area (Å²) in [6.07, 6.45) is -0.522. The van der Waals surface area contributed by atoms with Gasteiger partial charge in [0, 0.05) is 0 Å². The molecule has 0 saturated heterocycles. The quantitative estimate of drug-likeness (QED) is 0.569. The summed E-state index contributed by atoms with van der Waals surface area (Å²) in [5.41, 5.74) is 14.7. The topological polar surface area (TPSA) is 72.3 Å². The van der Waals surface area contributed by atoms with Crippen LogP contribution in [-0.4, -0.2) is 5.11 Å². The molecular weight excluding hydrogens is 164 g/mol. The zero-order valence-corrected chi connectivity index (χ0v) is 8.26. The van der Waals surface area contributed by atoms with E-state index in [2.05, 4.69) is 0 Å². The Morgan fingerprint density at radius 3 is 2.15 bits per heavy atom. The second-order valence-corrected chi connectivity index (χ2v) is 3.42. The van der Waals surface area contributed by atoms with Crippen LogP contribution < -0.4 is 11.5 Å². The van der Waals surface area contributed by atoms with Crippen molar-refractivity contribution in [2.45, 2.75) is 26.9 Å². The van der Waals surface area contributed by atoms with E-state index >= 15 is 0 Å². The molecule has 0 radical (unpaired) electrons. The third-order valence-electron chi connectivity index (χ3n) is 2.32. The predicted molar refractivity (Wildman–Crippen MR) is 53.4 cm³/mol. The predicted octanol–water partition coefficient (Wildman–Crippen LogP) is 1.23. The Kier molecular flexibility index (Phi) is 2.59. The van der Waals surface area contributed by atoms with Gasteiger partial charge in [-0.25, -0.2) is 0 Å². The maximum absolute atomic E-state index is 9.65. The minimum Gasteiger partial charge on any atom is -0.507 e. The Hall–Kier alpha value is -1.06. The van der Waals surface area contributed by atoms with Crippen LogP contribution in [0, 0.1) is 20.8 Å². The van der Waals surface area contributed by atoms with Crippen LogP contribution in [0.2, 0.25) is 0 Å². The molecule has 5 N–H and O–H groups in total. The van der Waals surface area contributed by atoms with Gasteiger partial charge in [-0.05, 0) is 43.0 Å². The van der Waals surface area contributed by atoms with Crippen LogP contribution in [0.1, 0.15) is 28.4 Å². The van der Waals surface area contributed by atoms with Crippen molar-refractivity contribution in [1.29, 1.82) is 0 Å². The van der Waals surface area contributed by atoms with E-state index in [0.29, 0.717) is 5.75 Å². The number of phenolic OH excluding ortho intramolecular Hbond substituents is 1. The molecule has 0 spiro atoms. The van der Waals surface area contributed by atoms with Crippen molar-refractivity contribution in [3.8, 4) is 5.75 Å². The van der Waals surface area contributed by atoms with Gasteiger partial charge in [0.1, 0.15) is 5.75 Å². The second-order valence-electron chi connectivity index (χ2n) is 3.42. The summed E-state index contributed by atoms with van der Waals surface area (Å²) < 4.78 is 0. The number of aryl methyl sites for hydroxylation is 2.